The van der Waals surface area contributed by atoms with Gasteiger partial charge in [0.05, 0.1) is 12.3 Å². The van der Waals surface area contributed by atoms with Crippen LogP contribution in [0.2, 0.25) is 0 Å². The van der Waals surface area contributed by atoms with Crippen molar-refractivity contribution in [2.24, 2.45) is 0 Å². The third kappa shape index (κ3) is 4.06. The van der Waals surface area contributed by atoms with Crippen molar-refractivity contribution in [3.05, 3.63) is 42.2 Å². The molecule has 1 amide bonds. The number of aromatic nitrogens is 2. The molecule has 2 rings (SSSR count). The van der Waals surface area contributed by atoms with Crippen molar-refractivity contribution in [1.29, 1.82) is 0 Å². The van der Waals surface area contributed by atoms with Gasteiger partial charge in [0.2, 0.25) is 0 Å². The maximum atomic E-state index is 12.1. The van der Waals surface area contributed by atoms with E-state index < -0.39 is 0 Å². The predicted octanol–water partition coefficient (Wildman–Crippen LogP) is 1.61. The van der Waals surface area contributed by atoms with E-state index in [9.17, 15) is 4.79 Å². The Hall–Kier alpha value is -2.34. The molecule has 112 valence electrons. The van der Waals surface area contributed by atoms with E-state index in [0.717, 1.165) is 5.69 Å². The molecule has 1 unspecified atom stereocenters. The van der Waals surface area contributed by atoms with E-state index in [1.54, 1.807) is 29.1 Å². The topological polar surface area (TPSA) is 82.2 Å². The zero-order valence-electron chi connectivity index (χ0n) is 12.2. The first-order valence-electron chi connectivity index (χ1n) is 6.90. The van der Waals surface area contributed by atoms with E-state index >= 15 is 0 Å². The summed E-state index contributed by atoms with van der Waals surface area (Å²) in [6, 6.07) is 8.93. The van der Waals surface area contributed by atoms with Gasteiger partial charge in [-0.1, -0.05) is 6.07 Å². The smallest absolute Gasteiger partial charge is 0.272 e. The van der Waals surface area contributed by atoms with Crippen LogP contribution in [0.1, 0.15) is 24.3 Å². The van der Waals surface area contributed by atoms with Gasteiger partial charge in [0.25, 0.3) is 5.91 Å². The fourth-order valence-electron chi connectivity index (χ4n) is 1.89. The minimum atomic E-state index is -0.218. The summed E-state index contributed by atoms with van der Waals surface area (Å²) in [5.41, 5.74) is 7.57. The monoisotopic (exact) mass is 288 g/mol. The summed E-state index contributed by atoms with van der Waals surface area (Å²) < 4.78 is 6.89. The number of carbonyl (C=O) groups is 1. The van der Waals surface area contributed by atoms with Gasteiger partial charge in [0, 0.05) is 24.5 Å². The van der Waals surface area contributed by atoms with E-state index in [1.165, 1.54) is 0 Å². The minimum Gasteiger partial charge on any atom is -0.399 e. The maximum Gasteiger partial charge on any atom is 0.272 e. The Morgan fingerprint density at radius 1 is 1.48 bits per heavy atom. The molecule has 0 aliphatic carbocycles. The van der Waals surface area contributed by atoms with Crippen molar-refractivity contribution >= 4 is 11.6 Å². The number of nitrogens with one attached hydrogen (secondary N) is 1. The Morgan fingerprint density at radius 3 is 3.00 bits per heavy atom. The van der Waals surface area contributed by atoms with Crippen LogP contribution in [0.25, 0.3) is 5.69 Å². The number of nitrogens with zero attached hydrogens (tertiary/aromatic N) is 2. The van der Waals surface area contributed by atoms with Crippen LogP contribution in [0.15, 0.2) is 36.5 Å². The van der Waals surface area contributed by atoms with E-state index in [2.05, 4.69) is 10.4 Å². The van der Waals surface area contributed by atoms with Crippen LogP contribution in [0, 0.1) is 0 Å². The van der Waals surface area contributed by atoms with E-state index in [4.69, 9.17) is 10.5 Å². The summed E-state index contributed by atoms with van der Waals surface area (Å²) in [7, 11) is 0. The molecule has 21 heavy (non-hydrogen) atoms. The Bertz CT molecular complexity index is 609. The fraction of sp³-hybridized carbons (Fsp3) is 0.333. The van der Waals surface area contributed by atoms with Crippen LogP contribution in [0.4, 0.5) is 5.69 Å². The Balaban J connectivity index is 2.04. The van der Waals surface area contributed by atoms with Gasteiger partial charge >= 0.3 is 0 Å². The van der Waals surface area contributed by atoms with Crippen molar-refractivity contribution < 1.29 is 9.53 Å². The second kappa shape index (κ2) is 6.90. The van der Waals surface area contributed by atoms with Gasteiger partial charge in [-0.3, -0.25) is 4.79 Å². The number of rotatable bonds is 6. The summed E-state index contributed by atoms with van der Waals surface area (Å²) >= 11 is 0. The number of nitrogen functional groups attached to an aromatic ring is 1. The highest BCUT2D eigenvalue weighted by Crippen LogP contribution is 2.11. The van der Waals surface area contributed by atoms with E-state index in [1.807, 2.05) is 26.0 Å². The number of nitrogens with two attached hydrogens (primary N) is 1. The molecule has 0 fully saturated rings. The molecule has 1 atom stereocenters. The molecule has 0 bridgehead atoms. The predicted molar refractivity (Wildman–Crippen MR) is 81.4 cm³/mol. The zero-order chi connectivity index (χ0) is 15.2. The number of carbonyl (C=O) groups excluding carboxylic acids is 1. The van der Waals surface area contributed by atoms with Crippen molar-refractivity contribution in [3.8, 4) is 5.69 Å². The first kappa shape index (κ1) is 15.1. The molecule has 2 aromatic rings. The van der Waals surface area contributed by atoms with Crippen molar-refractivity contribution in [2.75, 3.05) is 18.9 Å². The number of benzene rings is 1. The van der Waals surface area contributed by atoms with Crippen LogP contribution in [0.5, 0.6) is 0 Å². The average molecular weight is 288 g/mol. The molecule has 0 saturated heterocycles. The molecule has 1 heterocycles. The first-order valence-corrected chi connectivity index (χ1v) is 6.90. The van der Waals surface area contributed by atoms with Gasteiger partial charge in [0.1, 0.15) is 0 Å². The highest BCUT2D eigenvalue weighted by atomic mass is 16.5. The third-order valence-corrected chi connectivity index (χ3v) is 2.91. The van der Waals surface area contributed by atoms with Crippen molar-refractivity contribution in [1.82, 2.24) is 15.1 Å². The lowest BCUT2D eigenvalue weighted by atomic mass is 10.3. The highest BCUT2D eigenvalue weighted by Gasteiger charge is 2.13. The van der Waals surface area contributed by atoms with Gasteiger partial charge in [-0.15, -0.1) is 0 Å². The quantitative estimate of drug-likeness (QED) is 0.791. The van der Waals surface area contributed by atoms with Gasteiger partial charge in [0.15, 0.2) is 5.69 Å². The second-order valence-electron chi connectivity index (χ2n) is 4.77. The molecule has 0 aliphatic heterocycles. The molecule has 1 aromatic heterocycles. The maximum absolute atomic E-state index is 12.1. The second-order valence-corrected chi connectivity index (χ2v) is 4.77. The average Bonchev–Trinajstić information content (AvgIpc) is 2.95. The zero-order valence-corrected chi connectivity index (χ0v) is 12.2. The van der Waals surface area contributed by atoms with E-state index in [0.29, 0.717) is 24.6 Å². The summed E-state index contributed by atoms with van der Waals surface area (Å²) in [6.07, 6.45) is 1.73. The molecular weight excluding hydrogens is 268 g/mol. The summed E-state index contributed by atoms with van der Waals surface area (Å²) in [4.78, 5) is 12.1. The minimum absolute atomic E-state index is 0.0602. The number of anilines is 1. The summed E-state index contributed by atoms with van der Waals surface area (Å²) in [5.74, 6) is -0.218. The number of hydrogen-bond acceptors (Lipinski definition) is 4. The largest absolute Gasteiger partial charge is 0.399 e. The molecule has 0 aliphatic rings. The third-order valence-electron chi connectivity index (χ3n) is 2.91. The van der Waals surface area contributed by atoms with Crippen LogP contribution in [-0.2, 0) is 4.74 Å². The van der Waals surface area contributed by atoms with Crippen LogP contribution < -0.4 is 11.1 Å². The first-order chi connectivity index (χ1) is 10.1. The lowest BCUT2D eigenvalue weighted by Crippen LogP contribution is -2.36. The molecule has 0 saturated carbocycles. The normalized spacial score (nSPS) is 12.1. The fourth-order valence-corrected chi connectivity index (χ4v) is 1.89. The molecule has 6 nitrogen and oxygen atoms in total. The Labute approximate surface area is 123 Å². The Kier molecular flexibility index (Phi) is 4.94. The van der Waals surface area contributed by atoms with Crippen LogP contribution >= 0.6 is 0 Å². The molecule has 3 N–H and O–H groups in total. The molecule has 6 heteroatoms. The highest BCUT2D eigenvalue weighted by molar-refractivity contribution is 5.92. The van der Waals surface area contributed by atoms with Gasteiger partial charge in [-0.25, -0.2) is 4.68 Å². The summed E-state index contributed by atoms with van der Waals surface area (Å²) in [5, 5.41) is 7.11. The van der Waals surface area contributed by atoms with E-state index in [-0.39, 0.29) is 11.9 Å². The number of amides is 1. The number of hydrogen-bond donors (Lipinski definition) is 2. The molecule has 1 aromatic carbocycles. The van der Waals surface area contributed by atoms with Crippen LogP contribution in [-0.4, -0.2) is 34.9 Å². The van der Waals surface area contributed by atoms with Gasteiger partial charge in [-0.2, -0.15) is 5.10 Å². The molecular formula is C15H20N4O2. The summed E-state index contributed by atoms with van der Waals surface area (Å²) in [6.45, 7) is 4.92. The van der Waals surface area contributed by atoms with Gasteiger partial charge in [-0.05, 0) is 38.1 Å². The number of ether oxygens (including phenoxy) is 1. The SMILES string of the molecule is CCOCC(C)NC(=O)c1ccn(-c2cccc(N)c2)n1. The lowest BCUT2D eigenvalue weighted by molar-refractivity contribution is 0.0867. The lowest BCUT2D eigenvalue weighted by Gasteiger charge is -2.12. The molecule has 0 radical (unpaired) electrons. The Morgan fingerprint density at radius 2 is 2.29 bits per heavy atom. The van der Waals surface area contributed by atoms with Crippen LogP contribution in [0.3, 0.4) is 0 Å². The van der Waals surface area contributed by atoms with Crippen molar-refractivity contribution in [2.45, 2.75) is 19.9 Å². The van der Waals surface area contributed by atoms with Crippen molar-refractivity contribution in [3.63, 3.8) is 0 Å². The molecule has 0 spiro atoms. The van der Waals surface area contributed by atoms with Gasteiger partial charge < -0.3 is 15.8 Å². The standard InChI is InChI=1S/C15H20N4O2/c1-3-21-10-11(2)17-15(20)14-7-8-19(18-14)13-6-4-5-12(16)9-13/h4-9,11H,3,10,16H2,1-2H3,(H,17,20).